The molecule has 0 aliphatic rings. The van der Waals surface area contributed by atoms with Crippen LogP contribution in [0.4, 0.5) is 17.5 Å². The van der Waals surface area contributed by atoms with E-state index in [1.54, 1.807) is 18.2 Å². The Labute approximate surface area is 113 Å². The standard InChI is InChI=1S/C11H10ClN5O2/c12-8-3-1-2-7(4-8)5-14-10-9(17(18)19)6-15-11(13)16-10/h1-4,6H,5H2,(H3,13,14,15,16). The minimum Gasteiger partial charge on any atom is -0.368 e. The normalized spacial score (nSPS) is 10.2. The predicted octanol–water partition coefficient (Wildman–Crippen LogP) is 2.23. The maximum absolute atomic E-state index is 10.8. The zero-order valence-electron chi connectivity index (χ0n) is 9.71. The molecule has 1 heterocycles. The van der Waals surface area contributed by atoms with Gasteiger partial charge in [0.05, 0.1) is 4.92 Å². The number of hydrogen-bond acceptors (Lipinski definition) is 6. The van der Waals surface area contributed by atoms with Gasteiger partial charge in [0.15, 0.2) is 0 Å². The molecule has 1 aromatic carbocycles. The topological polar surface area (TPSA) is 107 Å². The third kappa shape index (κ3) is 3.29. The molecule has 0 saturated heterocycles. The number of nitrogens with zero attached hydrogens (tertiary/aromatic N) is 3. The summed E-state index contributed by atoms with van der Waals surface area (Å²) < 4.78 is 0. The molecule has 0 radical (unpaired) electrons. The van der Waals surface area contributed by atoms with Crippen LogP contribution < -0.4 is 11.1 Å². The number of nitrogen functional groups attached to an aromatic ring is 1. The van der Waals surface area contributed by atoms with Crippen LogP contribution >= 0.6 is 11.6 Å². The van der Waals surface area contributed by atoms with Crippen molar-refractivity contribution < 1.29 is 4.92 Å². The van der Waals surface area contributed by atoms with E-state index >= 15 is 0 Å². The Morgan fingerprint density at radius 2 is 2.26 bits per heavy atom. The van der Waals surface area contributed by atoms with Gasteiger partial charge in [0.1, 0.15) is 6.20 Å². The van der Waals surface area contributed by atoms with Crippen molar-refractivity contribution in [2.24, 2.45) is 0 Å². The molecule has 2 rings (SSSR count). The van der Waals surface area contributed by atoms with Crippen molar-refractivity contribution in [1.82, 2.24) is 9.97 Å². The van der Waals surface area contributed by atoms with Crippen LogP contribution in [0, 0.1) is 10.1 Å². The van der Waals surface area contributed by atoms with Crippen molar-refractivity contribution in [2.75, 3.05) is 11.1 Å². The second-order valence-corrected chi connectivity index (χ2v) is 4.14. The van der Waals surface area contributed by atoms with Gasteiger partial charge in [0, 0.05) is 11.6 Å². The Morgan fingerprint density at radius 3 is 2.95 bits per heavy atom. The highest BCUT2D eigenvalue weighted by Gasteiger charge is 2.16. The number of halogens is 1. The molecule has 0 fully saturated rings. The Morgan fingerprint density at radius 1 is 1.47 bits per heavy atom. The number of nitrogens with one attached hydrogen (secondary N) is 1. The van der Waals surface area contributed by atoms with Crippen LogP contribution in [-0.4, -0.2) is 14.9 Å². The highest BCUT2D eigenvalue weighted by Crippen LogP contribution is 2.22. The van der Waals surface area contributed by atoms with Gasteiger partial charge < -0.3 is 11.1 Å². The molecule has 1 aromatic heterocycles. The van der Waals surface area contributed by atoms with Crippen molar-refractivity contribution in [3.63, 3.8) is 0 Å². The first-order valence-corrected chi connectivity index (χ1v) is 5.69. The summed E-state index contributed by atoms with van der Waals surface area (Å²) in [6.45, 7) is 0.345. The van der Waals surface area contributed by atoms with Gasteiger partial charge in [-0.15, -0.1) is 0 Å². The molecular weight excluding hydrogens is 270 g/mol. The third-order valence-electron chi connectivity index (χ3n) is 2.33. The number of nitro groups is 1. The van der Waals surface area contributed by atoms with Crippen LogP contribution in [0.3, 0.4) is 0 Å². The summed E-state index contributed by atoms with van der Waals surface area (Å²) in [6.07, 6.45) is 1.07. The molecule has 0 saturated carbocycles. The molecule has 7 nitrogen and oxygen atoms in total. The van der Waals surface area contributed by atoms with Crippen LogP contribution in [0.15, 0.2) is 30.5 Å². The van der Waals surface area contributed by atoms with E-state index < -0.39 is 4.92 Å². The summed E-state index contributed by atoms with van der Waals surface area (Å²) in [4.78, 5) is 17.7. The highest BCUT2D eigenvalue weighted by atomic mass is 35.5. The van der Waals surface area contributed by atoms with Crippen LogP contribution in [0.2, 0.25) is 5.02 Å². The van der Waals surface area contributed by atoms with E-state index in [2.05, 4.69) is 15.3 Å². The minimum atomic E-state index is -0.570. The fourth-order valence-electron chi connectivity index (χ4n) is 1.49. The number of anilines is 2. The molecule has 8 heteroatoms. The van der Waals surface area contributed by atoms with E-state index in [-0.39, 0.29) is 17.5 Å². The lowest BCUT2D eigenvalue weighted by atomic mass is 10.2. The second kappa shape index (κ2) is 5.49. The Hall–Kier alpha value is -2.41. The summed E-state index contributed by atoms with van der Waals surface area (Å²) in [5, 5.41) is 14.3. The smallest absolute Gasteiger partial charge is 0.329 e. The number of nitrogens with two attached hydrogens (primary N) is 1. The molecule has 98 valence electrons. The Bertz CT molecular complexity index is 620. The maximum Gasteiger partial charge on any atom is 0.329 e. The molecule has 0 unspecified atom stereocenters. The van der Waals surface area contributed by atoms with Gasteiger partial charge in [-0.2, -0.15) is 4.98 Å². The average molecular weight is 280 g/mol. The van der Waals surface area contributed by atoms with Gasteiger partial charge in [-0.25, -0.2) is 4.98 Å². The van der Waals surface area contributed by atoms with Gasteiger partial charge in [-0.05, 0) is 17.7 Å². The van der Waals surface area contributed by atoms with E-state index in [4.69, 9.17) is 17.3 Å². The van der Waals surface area contributed by atoms with Crippen molar-refractivity contribution in [1.29, 1.82) is 0 Å². The lowest BCUT2D eigenvalue weighted by Crippen LogP contribution is -2.07. The van der Waals surface area contributed by atoms with Crippen molar-refractivity contribution in [3.05, 3.63) is 51.2 Å². The lowest BCUT2D eigenvalue weighted by Gasteiger charge is -2.06. The van der Waals surface area contributed by atoms with Crippen LogP contribution in [0.25, 0.3) is 0 Å². The summed E-state index contributed by atoms with van der Waals surface area (Å²) >= 11 is 5.85. The summed E-state index contributed by atoms with van der Waals surface area (Å²) in [5.74, 6) is 0.0525. The molecule has 19 heavy (non-hydrogen) atoms. The first-order valence-electron chi connectivity index (χ1n) is 5.31. The van der Waals surface area contributed by atoms with Crippen LogP contribution in [-0.2, 0) is 6.54 Å². The zero-order valence-corrected chi connectivity index (χ0v) is 10.5. The fraction of sp³-hybridized carbons (Fsp3) is 0.0909. The van der Waals surface area contributed by atoms with E-state index in [1.165, 1.54) is 0 Å². The van der Waals surface area contributed by atoms with Crippen LogP contribution in [0.1, 0.15) is 5.56 Å². The monoisotopic (exact) mass is 279 g/mol. The van der Waals surface area contributed by atoms with Gasteiger partial charge >= 0.3 is 5.69 Å². The Kier molecular flexibility index (Phi) is 3.76. The largest absolute Gasteiger partial charge is 0.368 e. The fourth-order valence-corrected chi connectivity index (χ4v) is 1.70. The van der Waals surface area contributed by atoms with Crippen molar-refractivity contribution >= 4 is 29.1 Å². The van der Waals surface area contributed by atoms with Crippen LogP contribution in [0.5, 0.6) is 0 Å². The Balaban J connectivity index is 2.19. The second-order valence-electron chi connectivity index (χ2n) is 3.70. The van der Waals surface area contributed by atoms with Gasteiger partial charge in [-0.1, -0.05) is 23.7 Å². The third-order valence-corrected chi connectivity index (χ3v) is 2.57. The number of rotatable bonds is 4. The quantitative estimate of drug-likeness (QED) is 0.656. The molecular formula is C11H10ClN5O2. The lowest BCUT2D eigenvalue weighted by molar-refractivity contribution is -0.384. The van der Waals surface area contributed by atoms with E-state index in [0.717, 1.165) is 11.8 Å². The zero-order chi connectivity index (χ0) is 13.8. The first kappa shape index (κ1) is 13.0. The van der Waals surface area contributed by atoms with E-state index in [0.29, 0.717) is 11.6 Å². The van der Waals surface area contributed by atoms with Crippen molar-refractivity contribution in [3.8, 4) is 0 Å². The molecule has 0 spiro atoms. The molecule has 0 aliphatic heterocycles. The molecule has 3 N–H and O–H groups in total. The first-order chi connectivity index (χ1) is 9.06. The average Bonchev–Trinajstić information content (AvgIpc) is 2.36. The minimum absolute atomic E-state index is 0.0285. The maximum atomic E-state index is 10.8. The van der Waals surface area contributed by atoms with Gasteiger partial charge in [0.25, 0.3) is 0 Å². The molecule has 0 atom stereocenters. The van der Waals surface area contributed by atoms with Gasteiger partial charge in [0.2, 0.25) is 11.8 Å². The number of aromatic nitrogens is 2. The van der Waals surface area contributed by atoms with Crippen molar-refractivity contribution in [2.45, 2.75) is 6.54 Å². The molecule has 0 aliphatic carbocycles. The summed E-state index contributed by atoms with van der Waals surface area (Å²) in [7, 11) is 0. The van der Waals surface area contributed by atoms with E-state index in [1.807, 2.05) is 6.07 Å². The SMILES string of the molecule is Nc1ncc([N+](=O)[O-])c(NCc2cccc(Cl)c2)n1. The number of hydrogen-bond donors (Lipinski definition) is 2. The predicted molar refractivity (Wildman–Crippen MR) is 71.9 cm³/mol. The summed E-state index contributed by atoms with van der Waals surface area (Å²) in [5.41, 5.74) is 6.06. The summed E-state index contributed by atoms with van der Waals surface area (Å²) in [6, 6.07) is 7.14. The van der Waals surface area contributed by atoms with Gasteiger partial charge in [-0.3, -0.25) is 10.1 Å². The molecule has 2 aromatic rings. The molecule has 0 bridgehead atoms. The van der Waals surface area contributed by atoms with E-state index in [9.17, 15) is 10.1 Å². The molecule has 0 amide bonds. The number of benzene rings is 1. The highest BCUT2D eigenvalue weighted by molar-refractivity contribution is 6.30.